The van der Waals surface area contributed by atoms with Gasteiger partial charge in [-0.05, 0) is 33.7 Å². The lowest BCUT2D eigenvalue weighted by Gasteiger charge is -2.55. The van der Waals surface area contributed by atoms with Gasteiger partial charge in [0.25, 0.3) is 0 Å². The van der Waals surface area contributed by atoms with Crippen LogP contribution in [0.2, 0.25) is 0 Å². The Labute approximate surface area is 132 Å². The Morgan fingerprint density at radius 3 is 2.41 bits per heavy atom. The van der Waals surface area contributed by atoms with Crippen molar-refractivity contribution in [3.8, 4) is 0 Å². The summed E-state index contributed by atoms with van der Waals surface area (Å²) >= 11 is 0. The average molecular weight is 309 g/mol. The summed E-state index contributed by atoms with van der Waals surface area (Å²) in [7, 11) is 1.96. The fraction of sp³-hybridized carbons (Fsp3) is 0.875. The van der Waals surface area contributed by atoms with Gasteiger partial charge in [-0.1, -0.05) is 6.42 Å². The highest BCUT2D eigenvalue weighted by atomic mass is 16.5. The molecule has 0 unspecified atom stereocenters. The highest BCUT2D eigenvalue weighted by Crippen LogP contribution is 2.35. The van der Waals surface area contributed by atoms with E-state index in [1.165, 1.54) is 6.42 Å². The van der Waals surface area contributed by atoms with Gasteiger partial charge in [-0.3, -0.25) is 14.5 Å². The first kappa shape index (κ1) is 15.7. The standard InChI is InChI=1S/C16H27N3O3/c1-11(2)17-14(20)13-7-22-16(8-18(13)3)9-19(10-16)15(21)12-5-4-6-12/h11-13H,4-10H2,1-3H3,(H,17,20)/t13-/m0/s1. The zero-order chi connectivity index (χ0) is 15.9. The van der Waals surface area contributed by atoms with E-state index in [-0.39, 0.29) is 29.5 Å². The summed E-state index contributed by atoms with van der Waals surface area (Å²) in [5.74, 6) is 0.570. The van der Waals surface area contributed by atoms with Gasteiger partial charge in [0.05, 0.1) is 19.7 Å². The predicted octanol–water partition coefficient (Wildman–Crippen LogP) is 0.223. The molecule has 3 aliphatic rings. The van der Waals surface area contributed by atoms with E-state index in [4.69, 9.17) is 4.74 Å². The number of morpholine rings is 1. The molecule has 1 N–H and O–H groups in total. The number of likely N-dealkylation sites (N-methyl/N-ethyl adjacent to an activating group) is 1. The second-order valence-electron chi connectivity index (χ2n) is 7.41. The molecule has 2 saturated heterocycles. The van der Waals surface area contributed by atoms with E-state index in [1.807, 2.05) is 25.8 Å². The van der Waals surface area contributed by atoms with Crippen LogP contribution in [-0.4, -0.2) is 72.6 Å². The van der Waals surface area contributed by atoms with Crippen LogP contribution in [-0.2, 0) is 14.3 Å². The molecule has 6 nitrogen and oxygen atoms in total. The monoisotopic (exact) mass is 309 g/mol. The van der Waals surface area contributed by atoms with Gasteiger partial charge < -0.3 is 15.0 Å². The van der Waals surface area contributed by atoms with Crippen LogP contribution in [0.1, 0.15) is 33.1 Å². The van der Waals surface area contributed by atoms with Crippen LogP contribution < -0.4 is 5.32 Å². The van der Waals surface area contributed by atoms with Crippen molar-refractivity contribution < 1.29 is 14.3 Å². The Hall–Kier alpha value is -1.14. The van der Waals surface area contributed by atoms with Crippen LogP contribution in [0.4, 0.5) is 0 Å². The van der Waals surface area contributed by atoms with Gasteiger partial charge in [0.2, 0.25) is 11.8 Å². The molecule has 2 amide bonds. The summed E-state index contributed by atoms with van der Waals surface area (Å²) in [6.07, 6.45) is 3.27. The van der Waals surface area contributed by atoms with Gasteiger partial charge in [0.1, 0.15) is 11.6 Å². The zero-order valence-electron chi connectivity index (χ0n) is 13.8. The first-order valence-electron chi connectivity index (χ1n) is 8.33. The molecule has 6 heteroatoms. The van der Waals surface area contributed by atoms with E-state index >= 15 is 0 Å². The summed E-state index contributed by atoms with van der Waals surface area (Å²) in [5.41, 5.74) is -0.261. The fourth-order valence-corrected chi connectivity index (χ4v) is 3.56. The van der Waals surface area contributed by atoms with Crippen LogP contribution in [0.25, 0.3) is 0 Å². The van der Waals surface area contributed by atoms with Crippen molar-refractivity contribution in [3.05, 3.63) is 0 Å². The maximum atomic E-state index is 12.2. The van der Waals surface area contributed by atoms with Crippen molar-refractivity contribution in [2.45, 2.75) is 50.8 Å². The van der Waals surface area contributed by atoms with Crippen LogP contribution in [0.3, 0.4) is 0 Å². The lowest BCUT2D eigenvalue weighted by Crippen LogP contribution is -2.73. The summed E-state index contributed by atoms with van der Waals surface area (Å²) in [4.78, 5) is 28.3. The predicted molar refractivity (Wildman–Crippen MR) is 82.3 cm³/mol. The molecule has 124 valence electrons. The van der Waals surface area contributed by atoms with Crippen LogP contribution >= 0.6 is 0 Å². The van der Waals surface area contributed by atoms with E-state index in [0.29, 0.717) is 32.1 Å². The van der Waals surface area contributed by atoms with Crippen molar-refractivity contribution in [3.63, 3.8) is 0 Å². The number of rotatable bonds is 3. The number of amides is 2. The van der Waals surface area contributed by atoms with Gasteiger partial charge in [-0.15, -0.1) is 0 Å². The minimum Gasteiger partial charge on any atom is -0.368 e. The smallest absolute Gasteiger partial charge is 0.239 e. The molecule has 2 aliphatic heterocycles. The van der Waals surface area contributed by atoms with Crippen LogP contribution in [0, 0.1) is 5.92 Å². The highest BCUT2D eigenvalue weighted by Gasteiger charge is 2.52. The zero-order valence-corrected chi connectivity index (χ0v) is 13.8. The van der Waals surface area contributed by atoms with Gasteiger partial charge in [-0.2, -0.15) is 0 Å². The third kappa shape index (κ3) is 2.86. The van der Waals surface area contributed by atoms with Crippen molar-refractivity contribution in [1.29, 1.82) is 0 Å². The summed E-state index contributed by atoms with van der Waals surface area (Å²) in [6.45, 7) is 6.37. The Balaban J connectivity index is 1.51. The molecule has 3 rings (SSSR count). The van der Waals surface area contributed by atoms with Crippen molar-refractivity contribution >= 4 is 11.8 Å². The molecule has 1 aliphatic carbocycles. The van der Waals surface area contributed by atoms with Gasteiger partial charge in [0, 0.05) is 18.5 Å². The Morgan fingerprint density at radius 2 is 1.91 bits per heavy atom. The average Bonchev–Trinajstić information content (AvgIpc) is 2.32. The molecular formula is C16H27N3O3. The SMILES string of the molecule is CC(C)NC(=O)[C@@H]1COC2(CN(C(=O)C3CCC3)C2)CN1C. The molecule has 0 bridgehead atoms. The normalized spacial score (nSPS) is 28.4. The molecule has 0 aromatic heterocycles. The van der Waals surface area contributed by atoms with Crippen molar-refractivity contribution in [2.24, 2.45) is 5.92 Å². The maximum Gasteiger partial charge on any atom is 0.239 e. The molecule has 1 atom stereocenters. The lowest BCUT2D eigenvalue weighted by atomic mass is 9.81. The minimum atomic E-state index is -0.261. The number of nitrogens with zero attached hydrogens (tertiary/aromatic N) is 2. The minimum absolute atomic E-state index is 0.0223. The quantitative estimate of drug-likeness (QED) is 0.810. The molecular weight excluding hydrogens is 282 g/mol. The number of hydrogen-bond acceptors (Lipinski definition) is 4. The number of carbonyl (C=O) groups is 2. The molecule has 0 aromatic carbocycles. The van der Waals surface area contributed by atoms with E-state index in [1.54, 1.807) is 0 Å². The summed E-state index contributed by atoms with van der Waals surface area (Å²) in [6, 6.07) is -0.0968. The number of likely N-dealkylation sites (tertiary alicyclic amines) is 1. The van der Waals surface area contributed by atoms with Gasteiger partial charge in [-0.25, -0.2) is 0 Å². The van der Waals surface area contributed by atoms with E-state index < -0.39 is 0 Å². The van der Waals surface area contributed by atoms with Gasteiger partial charge in [0.15, 0.2) is 0 Å². The van der Waals surface area contributed by atoms with E-state index in [2.05, 4.69) is 10.2 Å². The third-order valence-corrected chi connectivity index (χ3v) is 5.07. The molecule has 2 heterocycles. The number of ether oxygens (including phenoxy) is 1. The number of hydrogen-bond donors (Lipinski definition) is 1. The topological polar surface area (TPSA) is 61.9 Å². The molecule has 1 saturated carbocycles. The second kappa shape index (κ2) is 5.81. The summed E-state index contributed by atoms with van der Waals surface area (Å²) < 4.78 is 6.00. The molecule has 3 fully saturated rings. The van der Waals surface area contributed by atoms with E-state index in [0.717, 1.165) is 12.8 Å². The van der Waals surface area contributed by atoms with Crippen LogP contribution in [0.15, 0.2) is 0 Å². The maximum absolute atomic E-state index is 12.2. The molecule has 22 heavy (non-hydrogen) atoms. The molecule has 1 spiro atoms. The highest BCUT2D eigenvalue weighted by molar-refractivity contribution is 5.82. The second-order valence-corrected chi connectivity index (χ2v) is 7.41. The van der Waals surface area contributed by atoms with Crippen LogP contribution in [0.5, 0.6) is 0 Å². The number of carbonyl (C=O) groups excluding carboxylic acids is 2. The Morgan fingerprint density at radius 1 is 1.23 bits per heavy atom. The first-order chi connectivity index (χ1) is 10.4. The molecule has 0 radical (unpaired) electrons. The Kier molecular flexibility index (Phi) is 4.16. The summed E-state index contributed by atoms with van der Waals surface area (Å²) in [5, 5.41) is 2.94. The van der Waals surface area contributed by atoms with Crippen molar-refractivity contribution in [1.82, 2.24) is 15.1 Å². The Bertz CT molecular complexity index is 456. The number of nitrogens with one attached hydrogen (secondary N) is 1. The van der Waals surface area contributed by atoms with E-state index in [9.17, 15) is 9.59 Å². The first-order valence-corrected chi connectivity index (χ1v) is 8.33. The molecule has 0 aromatic rings. The largest absolute Gasteiger partial charge is 0.368 e. The third-order valence-electron chi connectivity index (χ3n) is 5.07. The van der Waals surface area contributed by atoms with Crippen molar-refractivity contribution in [2.75, 3.05) is 33.3 Å². The fourth-order valence-electron chi connectivity index (χ4n) is 3.56. The lowest BCUT2D eigenvalue weighted by molar-refractivity contribution is -0.204. The van der Waals surface area contributed by atoms with Gasteiger partial charge >= 0.3 is 0 Å².